The standard InChI is InChI=1S/C12H22N2O2/c1-2-9-3-4-10(8-13)11(7-9)14-5-6-16-12(14)15/h9-11H,2-8,13H2,1H3. The fourth-order valence-electron chi connectivity index (χ4n) is 3.03. The van der Waals surface area contributed by atoms with Crippen LogP contribution in [0.3, 0.4) is 0 Å². The summed E-state index contributed by atoms with van der Waals surface area (Å²) in [5.41, 5.74) is 5.81. The molecule has 0 bridgehead atoms. The lowest BCUT2D eigenvalue weighted by Gasteiger charge is -2.39. The van der Waals surface area contributed by atoms with Gasteiger partial charge in [-0.1, -0.05) is 13.3 Å². The molecule has 0 aromatic carbocycles. The summed E-state index contributed by atoms with van der Waals surface area (Å²) < 4.78 is 5.03. The van der Waals surface area contributed by atoms with Crippen molar-refractivity contribution in [3.63, 3.8) is 0 Å². The molecule has 1 saturated carbocycles. The molecule has 2 rings (SSSR count). The Morgan fingerprint density at radius 2 is 2.31 bits per heavy atom. The first kappa shape index (κ1) is 11.7. The summed E-state index contributed by atoms with van der Waals surface area (Å²) >= 11 is 0. The van der Waals surface area contributed by atoms with Crippen molar-refractivity contribution in [1.29, 1.82) is 0 Å². The van der Waals surface area contributed by atoms with E-state index in [0.717, 1.165) is 25.3 Å². The number of hydrogen-bond donors (Lipinski definition) is 1. The van der Waals surface area contributed by atoms with E-state index in [1.54, 1.807) is 0 Å². The van der Waals surface area contributed by atoms with Gasteiger partial charge in [-0.2, -0.15) is 0 Å². The van der Waals surface area contributed by atoms with E-state index >= 15 is 0 Å². The molecule has 92 valence electrons. The smallest absolute Gasteiger partial charge is 0.410 e. The molecule has 4 nitrogen and oxygen atoms in total. The van der Waals surface area contributed by atoms with E-state index in [9.17, 15) is 4.79 Å². The Bertz CT molecular complexity index is 257. The maximum atomic E-state index is 11.6. The molecule has 2 N–H and O–H groups in total. The first-order valence-corrected chi connectivity index (χ1v) is 6.39. The van der Waals surface area contributed by atoms with E-state index in [0.29, 0.717) is 25.1 Å². The Hall–Kier alpha value is -0.770. The van der Waals surface area contributed by atoms with Gasteiger partial charge in [-0.25, -0.2) is 4.79 Å². The minimum atomic E-state index is -0.139. The Morgan fingerprint density at radius 3 is 2.88 bits per heavy atom. The molecule has 3 unspecified atom stereocenters. The molecule has 0 radical (unpaired) electrons. The van der Waals surface area contributed by atoms with Crippen molar-refractivity contribution < 1.29 is 9.53 Å². The van der Waals surface area contributed by atoms with Gasteiger partial charge in [-0.3, -0.25) is 0 Å². The van der Waals surface area contributed by atoms with Gasteiger partial charge < -0.3 is 15.4 Å². The molecule has 1 aliphatic carbocycles. The quantitative estimate of drug-likeness (QED) is 0.795. The zero-order valence-electron chi connectivity index (χ0n) is 10.0. The third kappa shape index (κ3) is 2.17. The van der Waals surface area contributed by atoms with Crippen molar-refractivity contribution in [2.75, 3.05) is 19.7 Å². The predicted octanol–water partition coefficient (Wildman–Crippen LogP) is 1.59. The van der Waals surface area contributed by atoms with Gasteiger partial charge in [-0.05, 0) is 37.6 Å². The van der Waals surface area contributed by atoms with Crippen LogP contribution in [0.2, 0.25) is 0 Å². The maximum absolute atomic E-state index is 11.6. The van der Waals surface area contributed by atoms with E-state index < -0.39 is 0 Å². The molecule has 0 aromatic rings. The molecule has 16 heavy (non-hydrogen) atoms. The fraction of sp³-hybridized carbons (Fsp3) is 0.917. The largest absolute Gasteiger partial charge is 0.448 e. The summed E-state index contributed by atoms with van der Waals surface area (Å²) in [6.45, 7) is 4.21. The second-order valence-corrected chi connectivity index (χ2v) is 4.96. The Balaban J connectivity index is 2.05. The summed E-state index contributed by atoms with van der Waals surface area (Å²) in [6, 6.07) is 0.318. The van der Waals surface area contributed by atoms with Crippen LogP contribution in [-0.4, -0.2) is 36.7 Å². The lowest BCUT2D eigenvalue weighted by atomic mass is 9.76. The van der Waals surface area contributed by atoms with Crippen molar-refractivity contribution in [2.45, 2.75) is 38.6 Å². The van der Waals surface area contributed by atoms with Gasteiger partial charge in [0.2, 0.25) is 0 Å². The summed E-state index contributed by atoms with van der Waals surface area (Å²) in [4.78, 5) is 13.5. The Morgan fingerprint density at radius 1 is 1.50 bits per heavy atom. The van der Waals surface area contributed by atoms with Crippen molar-refractivity contribution in [1.82, 2.24) is 4.90 Å². The topological polar surface area (TPSA) is 55.6 Å². The molecule has 1 aliphatic heterocycles. The molecular weight excluding hydrogens is 204 g/mol. The minimum Gasteiger partial charge on any atom is -0.448 e. The number of nitrogens with zero attached hydrogens (tertiary/aromatic N) is 1. The van der Waals surface area contributed by atoms with Gasteiger partial charge in [0.1, 0.15) is 6.61 Å². The summed E-state index contributed by atoms with van der Waals surface area (Å²) in [5.74, 6) is 1.22. The first-order chi connectivity index (χ1) is 7.76. The van der Waals surface area contributed by atoms with E-state index in [2.05, 4.69) is 6.92 Å². The highest BCUT2D eigenvalue weighted by Gasteiger charge is 2.38. The highest BCUT2D eigenvalue weighted by atomic mass is 16.6. The van der Waals surface area contributed by atoms with E-state index in [4.69, 9.17) is 10.5 Å². The van der Waals surface area contributed by atoms with Crippen LogP contribution in [0.1, 0.15) is 32.6 Å². The van der Waals surface area contributed by atoms with Crippen LogP contribution in [0.5, 0.6) is 0 Å². The van der Waals surface area contributed by atoms with Gasteiger partial charge in [0.15, 0.2) is 0 Å². The van der Waals surface area contributed by atoms with Crippen molar-refractivity contribution in [3.05, 3.63) is 0 Å². The van der Waals surface area contributed by atoms with Gasteiger partial charge in [-0.15, -0.1) is 0 Å². The van der Waals surface area contributed by atoms with E-state index in [-0.39, 0.29) is 6.09 Å². The molecule has 1 heterocycles. The van der Waals surface area contributed by atoms with Gasteiger partial charge >= 0.3 is 6.09 Å². The van der Waals surface area contributed by atoms with Crippen LogP contribution in [0.15, 0.2) is 0 Å². The van der Waals surface area contributed by atoms with Crippen LogP contribution in [0, 0.1) is 11.8 Å². The lowest BCUT2D eigenvalue weighted by Crippen LogP contribution is -2.47. The van der Waals surface area contributed by atoms with Crippen molar-refractivity contribution in [2.24, 2.45) is 17.6 Å². The summed E-state index contributed by atoms with van der Waals surface area (Å²) in [6.07, 6.45) is 4.59. The molecule has 0 aromatic heterocycles. The number of rotatable bonds is 3. The third-order valence-corrected chi connectivity index (χ3v) is 4.14. The fourth-order valence-corrected chi connectivity index (χ4v) is 3.03. The first-order valence-electron chi connectivity index (χ1n) is 6.39. The zero-order chi connectivity index (χ0) is 11.5. The normalized spacial score (nSPS) is 35.2. The lowest BCUT2D eigenvalue weighted by molar-refractivity contribution is 0.100. The van der Waals surface area contributed by atoms with Crippen LogP contribution in [-0.2, 0) is 4.74 Å². The van der Waals surface area contributed by atoms with Gasteiger partial charge in [0, 0.05) is 6.04 Å². The average molecular weight is 226 g/mol. The third-order valence-electron chi connectivity index (χ3n) is 4.14. The molecule has 1 amide bonds. The molecule has 3 atom stereocenters. The van der Waals surface area contributed by atoms with Crippen molar-refractivity contribution in [3.8, 4) is 0 Å². The highest BCUT2D eigenvalue weighted by molar-refractivity contribution is 5.69. The SMILES string of the molecule is CCC1CCC(CN)C(N2CCOC2=O)C1. The monoisotopic (exact) mass is 226 g/mol. The summed E-state index contributed by atoms with van der Waals surface area (Å²) in [7, 11) is 0. The summed E-state index contributed by atoms with van der Waals surface area (Å²) in [5, 5.41) is 0. The molecule has 0 spiro atoms. The second-order valence-electron chi connectivity index (χ2n) is 4.96. The molecule has 4 heteroatoms. The van der Waals surface area contributed by atoms with Crippen LogP contribution in [0.4, 0.5) is 4.79 Å². The molecule has 2 fully saturated rings. The highest BCUT2D eigenvalue weighted by Crippen LogP contribution is 2.34. The molecule has 1 saturated heterocycles. The van der Waals surface area contributed by atoms with Crippen molar-refractivity contribution >= 4 is 6.09 Å². The minimum absolute atomic E-state index is 0.139. The number of ether oxygens (including phenoxy) is 1. The van der Waals surface area contributed by atoms with Gasteiger partial charge in [0.05, 0.1) is 6.54 Å². The van der Waals surface area contributed by atoms with Crippen LogP contribution in [0.25, 0.3) is 0 Å². The zero-order valence-corrected chi connectivity index (χ0v) is 10.0. The number of cyclic esters (lactones) is 1. The van der Waals surface area contributed by atoms with Crippen LogP contribution < -0.4 is 5.73 Å². The van der Waals surface area contributed by atoms with E-state index in [1.165, 1.54) is 12.8 Å². The molecular formula is C12H22N2O2. The molecule has 2 aliphatic rings. The Labute approximate surface area is 97.1 Å². The number of carbonyl (C=O) groups is 1. The van der Waals surface area contributed by atoms with Crippen LogP contribution >= 0.6 is 0 Å². The maximum Gasteiger partial charge on any atom is 0.410 e. The average Bonchev–Trinajstić information content (AvgIpc) is 2.74. The number of amides is 1. The number of nitrogens with two attached hydrogens (primary N) is 1. The van der Waals surface area contributed by atoms with E-state index in [1.807, 2.05) is 4.90 Å². The number of hydrogen-bond acceptors (Lipinski definition) is 3. The number of carbonyl (C=O) groups excluding carboxylic acids is 1. The predicted molar refractivity (Wildman–Crippen MR) is 62.0 cm³/mol. The Kier molecular flexibility index (Phi) is 3.69. The van der Waals surface area contributed by atoms with Gasteiger partial charge in [0.25, 0.3) is 0 Å². The second kappa shape index (κ2) is 5.04.